The summed E-state index contributed by atoms with van der Waals surface area (Å²) in [6, 6.07) is 0. The van der Waals surface area contributed by atoms with E-state index in [1.807, 2.05) is 0 Å². The first-order valence-corrected chi connectivity index (χ1v) is 8.44. The Bertz CT molecular complexity index is 369. The number of fused-ring (bicyclic) bond motifs is 2. The maximum atomic E-state index is 5.77. The highest BCUT2D eigenvalue weighted by Crippen LogP contribution is 2.48. The van der Waals surface area contributed by atoms with Gasteiger partial charge in [-0.25, -0.2) is 0 Å². The summed E-state index contributed by atoms with van der Waals surface area (Å²) in [5.41, 5.74) is 1.64. The predicted octanol–water partition coefficient (Wildman–Crippen LogP) is 4.55. The van der Waals surface area contributed by atoms with Crippen LogP contribution < -0.4 is 0 Å². The van der Waals surface area contributed by atoms with Crippen LogP contribution in [0, 0.1) is 11.8 Å². The molecule has 0 saturated carbocycles. The first kappa shape index (κ1) is 13.8. The van der Waals surface area contributed by atoms with Gasteiger partial charge in [-0.2, -0.15) is 0 Å². The minimum atomic E-state index is 0.0742. The zero-order valence-corrected chi connectivity index (χ0v) is 13.0. The van der Waals surface area contributed by atoms with E-state index in [0.29, 0.717) is 5.92 Å². The molecule has 2 aliphatic carbocycles. The lowest BCUT2D eigenvalue weighted by Crippen LogP contribution is -2.22. The first-order valence-electron chi connectivity index (χ1n) is 7.64. The number of ether oxygens (including phenoxy) is 2. The summed E-state index contributed by atoms with van der Waals surface area (Å²) < 4.78 is 12.8. The maximum absolute atomic E-state index is 5.77. The molecule has 106 valence electrons. The van der Waals surface area contributed by atoms with Gasteiger partial charge >= 0.3 is 0 Å². The normalized spacial score (nSPS) is 33.4. The van der Waals surface area contributed by atoms with E-state index in [-0.39, 0.29) is 6.29 Å². The van der Waals surface area contributed by atoms with Crippen molar-refractivity contribution in [2.24, 2.45) is 11.8 Å². The van der Waals surface area contributed by atoms with Crippen LogP contribution in [0.3, 0.4) is 0 Å². The van der Waals surface area contributed by atoms with E-state index < -0.39 is 0 Å². The van der Waals surface area contributed by atoms with Gasteiger partial charge in [-0.15, -0.1) is 0 Å². The molecule has 1 fully saturated rings. The number of rotatable bonds is 6. The standard InChI is InChI=1S/C16H23BrO2/c17-16-13-8-7-12(11-13)14(16)5-1-3-9-18-15-6-2-4-10-19-15/h7-8,12-13,15H,1-6,9-11H2/t12-,13+,15?/m0/s1. The van der Waals surface area contributed by atoms with E-state index in [0.717, 1.165) is 32.0 Å². The summed E-state index contributed by atoms with van der Waals surface area (Å²) in [6.07, 6.45) is 13.2. The van der Waals surface area contributed by atoms with Crippen LogP contribution in [0.1, 0.15) is 44.9 Å². The van der Waals surface area contributed by atoms with Gasteiger partial charge in [-0.3, -0.25) is 0 Å². The Morgan fingerprint density at radius 1 is 1.21 bits per heavy atom. The molecule has 1 saturated heterocycles. The molecule has 0 aromatic heterocycles. The molecule has 19 heavy (non-hydrogen) atoms. The van der Waals surface area contributed by atoms with Gasteiger partial charge in [0.25, 0.3) is 0 Å². The van der Waals surface area contributed by atoms with Crippen molar-refractivity contribution in [1.82, 2.24) is 0 Å². The lowest BCUT2D eigenvalue weighted by Gasteiger charge is -2.22. The molecule has 3 heteroatoms. The smallest absolute Gasteiger partial charge is 0.157 e. The molecular formula is C16H23BrO2. The summed E-state index contributed by atoms with van der Waals surface area (Å²) in [5, 5.41) is 0. The molecule has 3 atom stereocenters. The van der Waals surface area contributed by atoms with Gasteiger partial charge in [-0.05, 0) is 50.9 Å². The predicted molar refractivity (Wildman–Crippen MR) is 80.1 cm³/mol. The molecule has 1 heterocycles. The largest absolute Gasteiger partial charge is 0.353 e. The number of halogens is 1. The first-order chi connectivity index (χ1) is 9.34. The van der Waals surface area contributed by atoms with E-state index in [4.69, 9.17) is 9.47 Å². The molecule has 0 spiro atoms. The zero-order chi connectivity index (χ0) is 13.1. The van der Waals surface area contributed by atoms with Gasteiger partial charge in [0, 0.05) is 23.6 Å². The van der Waals surface area contributed by atoms with Gasteiger partial charge in [-0.1, -0.05) is 33.7 Å². The second-order valence-electron chi connectivity index (χ2n) is 5.83. The van der Waals surface area contributed by atoms with Crippen LogP contribution >= 0.6 is 15.9 Å². The number of hydrogen-bond acceptors (Lipinski definition) is 2. The van der Waals surface area contributed by atoms with Crippen molar-refractivity contribution in [2.45, 2.75) is 51.2 Å². The molecule has 2 bridgehead atoms. The van der Waals surface area contributed by atoms with Gasteiger partial charge < -0.3 is 9.47 Å². The fraction of sp³-hybridized carbons (Fsp3) is 0.750. The molecule has 1 unspecified atom stereocenters. The monoisotopic (exact) mass is 326 g/mol. The van der Waals surface area contributed by atoms with Crippen LogP contribution in [0.5, 0.6) is 0 Å². The SMILES string of the molecule is BrC1=C(CCCCOC2CCCCO2)[C@H]2C=C[C@@H]1C2. The van der Waals surface area contributed by atoms with Crippen molar-refractivity contribution in [3.05, 3.63) is 22.2 Å². The Morgan fingerprint density at radius 3 is 2.84 bits per heavy atom. The number of unbranched alkanes of at least 4 members (excludes halogenated alkanes) is 1. The molecule has 3 aliphatic rings. The fourth-order valence-corrected chi connectivity index (χ4v) is 4.17. The summed E-state index contributed by atoms with van der Waals surface area (Å²) in [5.74, 6) is 1.41. The fourth-order valence-electron chi connectivity index (χ4n) is 3.34. The van der Waals surface area contributed by atoms with E-state index in [2.05, 4.69) is 28.1 Å². The van der Waals surface area contributed by atoms with Gasteiger partial charge in [0.15, 0.2) is 6.29 Å². The van der Waals surface area contributed by atoms with Crippen molar-refractivity contribution in [3.63, 3.8) is 0 Å². The Morgan fingerprint density at radius 2 is 2.11 bits per heavy atom. The lowest BCUT2D eigenvalue weighted by atomic mass is 9.98. The van der Waals surface area contributed by atoms with Crippen LogP contribution in [0.25, 0.3) is 0 Å². The third-order valence-corrected chi connectivity index (χ3v) is 5.54. The topological polar surface area (TPSA) is 18.5 Å². The van der Waals surface area contributed by atoms with Crippen LogP contribution in [0.2, 0.25) is 0 Å². The van der Waals surface area contributed by atoms with Crippen LogP contribution in [-0.2, 0) is 9.47 Å². The van der Waals surface area contributed by atoms with Crippen molar-refractivity contribution < 1.29 is 9.47 Å². The highest BCUT2D eigenvalue weighted by Gasteiger charge is 2.33. The third-order valence-electron chi connectivity index (χ3n) is 4.45. The molecule has 0 radical (unpaired) electrons. The molecular weight excluding hydrogens is 304 g/mol. The van der Waals surface area contributed by atoms with Gasteiger partial charge in [0.2, 0.25) is 0 Å². The molecule has 0 aromatic carbocycles. The quantitative estimate of drug-likeness (QED) is 0.526. The van der Waals surface area contributed by atoms with Crippen LogP contribution in [-0.4, -0.2) is 19.5 Å². The summed E-state index contributed by atoms with van der Waals surface area (Å²) in [4.78, 5) is 0. The maximum Gasteiger partial charge on any atom is 0.157 e. The average Bonchev–Trinajstić information content (AvgIpc) is 3.02. The van der Waals surface area contributed by atoms with E-state index in [9.17, 15) is 0 Å². The van der Waals surface area contributed by atoms with Crippen molar-refractivity contribution >= 4 is 15.9 Å². The molecule has 3 rings (SSSR count). The molecule has 0 N–H and O–H groups in total. The van der Waals surface area contributed by atoms with E-state index in [1.165, 1.54) is 36.6 Å². The highest BCUT2D eigenvalue weighted by atomic mass is 79.9. The average molecular weight is 327 g/mol. The minimum Gasteiger partial charge on any atom is -0.353 e. The van der Waals surface area contributed by atoms with Crippen molar-refractivity contribution in [1.29, 1.82) is 0 Å². The molecule has 0 amide bonds. The van der Waals surface area contributed by atoms with Gasteiger partial charge in [0.05, 0.1) is 0 Å². The third kappa shape index (κ3) is 3.32. The van der Waals surface area contributed by atoms with Crippen molar-refractivity contribution in [2.75, 3.05) is 13.2 Å². The zero-order valence-electron chi connectivity index (χ0n) is 11.4. The van der Waals surface area contributed by atoms with Crippen LogP contribution in [0.4, 0.5) is 0 Å². The van der Waals surface area contributed by atoms with Gasteiger partial charge in [0.1, 0.15) is 0 Å². The number of hydrogen-bond donors (Lipinski definition) is 0. The van der Waals surface area contributed by atoms with Crippen molar-refractivity contribution in [3.8, 4) is 0 Å². The summed E-state index contributed by atoms with van der Waals surface area (Å²) >= 11 is 3.77. The van der Waals surface area contributed by atoms with E-state index >= 15 is 0 Å². The molecule has 0 aromatic rings. The van der Waals surface area contributed by atoms with Crippen LogP contribution in [0.15, 0.2) is 22.2 Å². The number of allylic oxidation sites excluding steroid dienone is 4. The Kier molecular flexibility index (Phi) is 4.78. The lowest BCUT2D eigenvalue weighted by molar-refractivity contribution is -0.162. The highest BCUT2D eigenvalue weighted by molar-refractivity contribution is 9.11. The molecule has 2 nitrogen and oxygen atoms in total. The minimum absolute atomic E-state index is 0.0742. The second-order valence-corrected chi connectivity index (χ2v) is 6.69. The molecule has 1 aliphatic heterocycles. The Balaban J connectivity index is 1.31. The summed E-state index contributed by atoms with van der Waals surface area (Å²) in [6.45, 7) is 1.72. The Hall–Kier alpha value is -0.120. The summed E-state index contributed by atoms with van der Waals surface area (Å²) in [7, 11) is 0. The van der Waals surface area contributed by atoms with E-state index in [1.54, 1.807) is 5.57 Å². The second kappa shape index (κ2) is 6.55. The Labute approximate surface area is 124 Å².